The molecule has 96 valence electrons. The number of hydrogen-bond donors (Lipinski definition) is 0. The van der Waals surface area contributed by atoms with Crippen molar-refractivity contribution in [2.45, 2.75) is 12.6 Å². The van der Waals surface area contributed by atoms with E-state index in [2.05, 4.69) is 20.9 Å². The van der Waals surface area contributed by atoms with Crippen LogP contribution in [0, 0.1) is 0 Å². The number of aromatic nitrogens is 1. The van der Waals surface area contributed by atoms with Crippen molar-refractivity contribution in [3.63, 3.8) is 0 Å². The highest BCUT2D eigenvalue weighted by atomic mass is 79.9. The molecule has 1 fully saturated rings. The van der Waals surface area contributed by atoms with E-state index in [1.165, 1.54) is 0 Å². The van der Waals surface area contributed by atoms with Gasteiger partial charge in [-0.2, -0.15) is 13.2 Å². The summed E-state index contributed by atoms with van der Waals surface area (Å²) < 4.78 is 37.8. The highest BCUT2D eigenvalue weighted by Gasteiger charge is 2.36. The molecule has 1 aliphatic rings. The van der Waals surface area contributed by atoms with Crippen molar-refractivity contribution in [1.29, 1.82) is 0 Å². The van der Waals surface area contributed by atoms with Crippen LogP contribution in [0.4, 0.5) is 19.0 Å². The zero-order valence-electron chi connectivity index (χ0n) is 8.79. The normalized spacial score (nSPS) is 16.6. The molecule has 0 radical (unpaired) electrons. The van der Waals surface area contributed by atoms with E-state index < -0.39 is 17.6 Å². The molecule has 8 heteroatoms. The van der Waals surface area contributed by atoms with Gasteiger partial charge >= 0.3 is 6.18 Å². The van der Waals surface area contributed by atoms with Gasteiger partial charge in [-0.3, -0.25) is 14.5 Å². The molecule has 0 atom stereocenters. The molecule has 0 aliphatic carbocycles. The molecule has 1 saturated heterocycles. The fourth-order valence-electron chi connectivity index (χ4n) is 1.59. The van der Waals surface area contributed by atoms with Crippen molar-refractivity contribution in [3.05, 3.63) is 22.3 Å². The van der Waals surface area contributed by atoms with E-state index in [4.69, 9.17) is 0 Å². The lowest BCUT2D eigenvalue weighted by Gasteiger charge is -2.16. The quantitative estimate of drug-likeness (QED) is 0.744. The van der Waals surface area contributed by atoms with Gasteiger partial charge in [0.1, 0.15) is 5.82 Å². The standard InChI is InChI=1S/C10H6BrF3N2O2/c11-7-3-15-8(2-6(7)10(12,13)14)16-4-5(17)1-9(16)18/h2-3H,1,4H2. The van der Waals surface area contributed by atoms with Crippen LogP contribution in [-0.4, -0.2) is 23.2 Å². The molecule has 1 amide bonds. The molecule has 1 aliphatic heterocycles. The molecule has 0 bridgehead atoms. The van der Waals surface area contributed by atoms with Crippen LogP contribution in [0.5, 0.6) is 0 Å². The molecule has 4 nitrogen and oxygen atoms in total. The van der Waals surface area contributed by atoms with Crippen LogP contribution < -0.4 is 4.90 Å². The van der Waals surface area contributed by atoms with E-state index in [1.807, 2.05) is 0 Å². The Morgan fingerprint density at radius 2 is 2.00 bits per heavy atom. The third-order valence-corrected chi connectivity index (χ3v) is 3.04. The van der Waals surface area contributed by atoms with Gasteiger partial charge < -0.3 is 0 Å². The number of Topliss-reactive ketones (excluding diaryl/α,β-unsaturated/α-hetero) is 1. The third kappa shape index (κ3) is 2.38. The Labute approximate surface area is 108 Å². The maximum atomic E-state index is 12.7. The summed E-state index contributed by atoms with van der Waals surface area (Å²) in [7, 11) is 0. The summed E-state index contributed by atoms with van der Waals surface area (Å²) in [6.45, 7) is -0.231. The first-order valence-corrected chi connectivity index (χ1v) is 5.63. The van der Waals surface area contributed by atoms with E-state index in [0.29, 0.717) is 0 Å². The predicted molar refractivity (Wildman–Crippen MR) is 58.9 cm³/mol. The summed E-state index contributed by atoms with van der Waals surface area (Å²) in [4.78, 5) is 27.1. The maximum Gasteiger partial charge on any atom is 0.417 e. The van der Waals surface area contributed by atoms with Crippen molar-refractivity contribution in [2.75, 3.05) is 11.4 Å². The monoisotopic (exact) mass is 322 g/mol. The Morgan fingerprint density at radius 3 is 2.50 bits per heavy atom. The van der Waals surface area contributed by atoms with E-state index in [-0.39, 0.29) is 29.0 Å². The van der Waals surface area contributed by atoms with Crippen LogP contribution >= 0.6 is 15.9 Å². The third-order valence-electron chi connectivity index (χ3n) is 2.41. The lowest BCUT2D eigenvalue weighted by atomic mass is 10.2. The number of rotatable bonds is 1. The molecule has 0 saturated carbocycles. The summed E-state index contributed by atoms with van der Waals surface area (Å²) in [5.41, 5.74) is -0.931. The molecule has 0 spiro atoms. The Hall–Kier alpha value is -1.44. The van der Waals surface area contributed by atoms with Crippen LogP contribution in [0.2, 0.25) is 0 Å². The smallest absolute Gasteiger partial charge is 0.297 e. The van der Waals surface area contributed by atoms with Gasteiger partial charge in [-0.1, -0.05) is 0 Å². The molecule has 18 heavy (non-hydrogen) atoms. The summed E-state index contributed by atoms with van der Waals surface area (Å²) in [6, 6.07) is 0.751. The number of amides is 1. The fraction of sp³-hybridized carbons (Fsp3) is 0.300. The van der Waals surface area contributed by atoms with Crippen LogP contribution in [0.1, 0.15) is 12.0 Å². The second kappa shape index (κ2) is 4.34. The number of ketones is 1. The highest BCUT2D eigenvalue weighted by Crippen LogP contribution is 2.36. The molecule has 2 rings (SSSR count). The minimum absolute atomic E-state index is 0.165. The largest absolute Gasteiger partial charge is 0.417 e. The van der Waals surface area contributed by atoms with Crippen LogP contribution in [0.3, 0.4) is 0 Å². The average Bonchev–Trinajstić information content (AvgIpc) is 2.57. The lowest BCUT2D eigenvalue weighted by Crippen LogP contribution is -2.26. The first kappa shape index (κ1) is 13.0. The summed E-state index contributed by atoms with van der Waals surface area (Å²) >= 11 is 2.75. The van der Waals surface area contributed by atoms with Crippen molar-refractivity contribution in [2.24, 2.45) is 0 Å². The molecule has 0 N–H and O–H groups in total. The van der Waals surface area contributed by atoms with E-state index >= 15 is 0 Å². The molecule has 0 unspecified atom stereocenters. The number of anilines is 1. The Morgan fingerprint density at radius 1 is 1.33 bits per heavy atom. The Kier molecular flexibility index (Phi) is 3.14. The fourth-order valence-corrected chi connectivity index (χ4v) is 2.03. The number of pyridine rings is 1. The SMILES string of the molecule is O=C1CC(=O)N(c2cc(C(F)(F)F)c(Br)cn2)C1. The molecular formula is C10H6BrF3N2O2. The number of nitrogens with zero attached hydrogens (tertiary/aromatic N) is 2. The van der Waals surface area contributed by atoms with Crippen LogP contribution in [0.25, 0.3) is 0 Å². The molecule has 2 heterocycles. The first-order chi connectivity index (χ1) is 8.29. The molecule has 1 aromatic heterocycles. The number of carbonyl (C=O) groups is 2. The lowest BCUT2D eigenvalue weighted by molar-refractivity contribution is -0.138. The van der Waals surface area contributed by atoms with Gasteiger partial charge in [0.25, 0.3) is 0 Å². The summed E-state index contributed by atoms with van der Waals surface area (Å²) in [5, 5.41) is 0. The Balaban J connectivity index is 2.42. The van der Waals surface area contributed by atoms with Crippen molar-refractivity contribution in [1.82, 2.24) is 4.98 Å². The van der Waals surface area contributed by atoms with Gasteiger partial charge in [0.2, 0.25) is 5.91 Å². The number of alkyl halides is 3. The van der Waals surface area contributed by atoms with Crippen LogP contribution in [-0.2, 0) is 15.8 Å². The number of halogens is 4. The number of carbonyl (C=O) groups excluding carboxylic acids is 2. The second-order valence-electron chi connectivity index (χ2n) is 3.72. The molecule has 1 aromatic rings. The van der Waals surface area contributed by atoms with E-state index in [1.54, 1.807) is 0 Å². The molecule has 0 aromatic carbocycles. The van der Waals surface area contributed by atoms with E-state index in [9.17, 15) is 22.8 Å². The van der Waals surface area contributed by atoms with Gasteiger partial charge in [-0.15, -0.1) is 0 Å². The summed E-state index contributed by atoms with van der Waals surface area (Å²) in [6.07, 6.45) is -3.88. The first-order valence-electron chi connectivity index (χ1n) is 4.84. The van der Waals surface area contributed by atoms with Gasteiger partial charge in [-0.05, 0) is 22.0 Å². The van der Waals surface area contributed by atoms with Crippen molar-refractivity contribution >= 4 is 33.4 Å². The zero-order valence-corrected chi connectivity index (χ0v) is 10.4. The van der Waals surface area contributed by atoms with Crippen molar-refractivity contribution in [3.8, 4) is 0 Å². The Bertz CT molecular complexity index is 530. The molecular weight excluding hydrogens is 317 g/mol. The number of hydrogen-bond acceptors (Lipinski definition) is 3. The van der Waals surface area contributed by atoms with Crippen molar-refractivity contribution < 1.29 is 22.8 Å². The topological polar surface area (TPSA) is 50.3 Å². The minimum Gasteiger partial charge on any atom is -0.297 e. The zero-order chi connectivity index (χ0) is 13.5. The minimum atomic E-state index is -4.55. The summed E-state index contributed by atoms with van der Waals surface area (Å²) in [5.74, 6) is -1.04. The van der Waals surface area contributed by atoms with Gasteiger partial charge in [-0.25, -0.2) is 4.98 Å². The maximum absolute atomic E-state index is 12.7. The second-order valence-corrected chi connectivity index (χ2v) is 4.57. The van der Waals surface area contributed by atoms with Gasteiger partial charge in [0.05, 0.1) is 18.5 Å². The highest BCUT2D eigenvalue weighted by molar-refractivity contribution is 9.10. The predicted octanol–water partition coefficient (Wildman–Crippen LogP) is 2.17. The van der Waals surface area contributed by atoms with Crippen LogP contribution in [0.15, 0.2) is 16.7 Å². The van der Waals surface area contributed by atoms with Gasteiger partial charge in [0, 0.05) is 10.7 Å². The van der Waals surface area contributed by atoms with E-state index in [0.717, 1.165) is 17.2 Å². The average molecular weight is 323 g/mol. The van der Waals surface area contributed by atoms with Gasteiger partial charge in [0.15, 0.2) is 5.78 Å².